The number of benzene rings is 1. The molecule has 1 heterocycles. The van der Waals surface area contributed by atoms with Crippen molar-refractivity contribution in [3.63, 3.8) is 0 Å². The predicted molar refractivity (Wildman–Crippen MR) is 78.5 cm³/mol. The Kier molecular flexibility index (Phi) is 4.10. The molecule has 116 valence electrons. The average Bonchev–Trinajstić information content (AvgIpc) is 2.67. The lowest BCUT2D eigenvalue weighted by molar-refractivity contribution is 0.0727. The third-order valence-electron chi connectivity index (χ3n) is 3.93. The summed E-state index contributed by atoms with van der Waals surface area (Å²) in [5.41, 5.74) is 0.481. The lowest BCUT2D eigenvalue weighted by atomic mass is 9.94. The number of carbonyl (C=O) groups is 1. The molecule has 0 saturated carbocycles. The number of hydrogen-bond donors (Lipinski definition) is 2. The number of sulfonamides is 1. The molecule has 7 heteroatoms. The molecular formula is C14H20N2O4S. The minimum Gasteiger partial charge on any atom is -0.376 e. The van der Waals surface area contributed by atoms with Crippen LogP contribution in [0, 0.1) is 6.92 Å². The first-order chi connectivity index (χ1) is 9.62. The third kappa shape index (κ3) is 3.42. The van der Waals surface area contributed by atoms with Gasteiger partial charge in [0.25, 0.3) is 5.91 Å². The molecule has 1 aromatic rings. The van der Waals surface area contributed by atoms with Gasteiger partial charge in [-0.1, -0.05) is 0 Å². The second kappa shape index (κ2) is 5.40. The fraction of sp³-hybridized carbons (Fsp3) is 0.500. The van der Waals surface area contributed by atoms with E-state index in [2.05, 4.69) is 5.32 Å². The number of amides is 1. The van der Waals surface area contributed by atoms with Crippen molar-refractivity contribution in [2.45, 2.75) is 43.7 Å². The van der Waals surface area contributed by atoms with Crippen LogP contribution in [0.4, 0.5) is 0 Å². The van der Waals surface area contributed by atoms with E-state index >= 15 is 0 Å². The maximum absolute atomic E-state index is 12.4. The van der Waals surface area contributed by atoms with E-state index in [0.29, 0.717) is 18.6 Å². The summed E-state index contributed by atoms with van der Waals surface area (Å²) >= 11 is 0. The fourth-order valence-corrected chi connectivity index (χ4v) is 3.02. The Bertz CT molecular complexity index is 672. The van der Waals surface area contributed by atoms with Crippen molar-refractivity contribution in [3.05, 3.63) is 29.3 Å². The van der Waals surface area contributed by atoms with Crippen LogP contribution >= 0.6 is 0 Å². The summed E-state index contributed by atoms with van der Waals surface area (Å²) in [6.45, 7) is 6.13. The predicted octanol–water partition coefficient (Wildman–Crippen LogP) is 0.940. The highest BCUT2D eigenvalue weighted by atomic mass is 32.2. The summed E-state index contributed by atoms with van der Waals surface area (Å²) < 4.78 is 28.4. The highest BCUT2D eigenvalue weighted by molar-refractivity contribution is 7.89. The Hall–Kier alpha value is -1.44. The number of ether oxygens (including phenoxy) is 1. The van der Waals surface area contributed by atoms with Gasteiger partial charge in [0.15, 0.2) is 0 Å². The largest absolute Gasteiger partial charge is 0.376 e. The second-order valence-corrected chi connectivity index (χ2v) is 7.28. The van der Waals surface area contributed by atoms with E-state index in [0.717, 1.165) is 0 Å². The van der Waals surface area contributed by atoms with Crippen LogP contribution in [-0.4, -0.2) is 32.6 Å². The van der Waals surface area contributed by atoms with Crippen LogP contribution in [0.2, 0.25) is 0 Å². The number of rotatable bonds is 3. The number of carbonyl (C=O) groups excluding carboxylic acids is 1. The molecule has 0 aliphatic carbocycles. The summed E-state index contributed by atoms with van der Waals surface area (Å²) in [7, 11) is -3.84. The number of nitrogens with two attached hydrogens (primary N) is 1. The highest BCUT2D eigenvalue weighted by Crippen LogP contribution is 2.25. The number of primary sulfonamides is 1. The van der Waals surface area contributed by atoms with Crippen molar-refractivity contribution < 1.29 is 17.9 Å². The molecule has 0 spiro atoms. The third-order valence-corrected chi connectivity index (χ3v) is 4.82. The van der Waals surface area contributed by atoms with Gasteiger partial charge in [-0.05, 0) is 51.0 Å². The van der Waals surface area contributed by atoms with E-state index in [9.17, 15) is 13.2 Å². The molecule has 1 aliphatic rings. The molecule has 1 saturated heterocycles. The Morgan fingerprint density at radius 1 is 1.43 bits per heavy atom. The van der Waals surface area contributed by atoms with Gasteiger partial charge in [-0.3, -0.25) is 4.79 Å². The van der Waals surface area contributed by atoms with Gasteiger partial charge in [0, 0.05) is 12.2 Å². The summed E-state index contributed by atoms with van der Waals surface area (Å²) in [6.07, 6.45) is 0.622. The standard InChI is InChI=1S/C14H20N2O4S/c1-9-6-11(8-12(7-9)21(15,18)19)13(17)16-14(3)4-5-20-10(14)2/h6-8,10H,4-5H2,1-3H3,(H,16,17)(H2,15,18,19). The Morgan fingerprint density at radius 3 is 2.62 bits per heavy atom. The molecule has 0 aromatic heterocycles. The van der Waals surface area contributed by atoms with E-state index in [1.165, 1.54) is 12.1 Å². The zero-order valence-corrected chi connectivity index (χ0v) is 13.2. The van der Waals surface area contributed by atoms with E-state index in [-0.39, 0.29) is 22.5 Å². The maximum atomic E-state index is 12.4. The van der Waals surface area contributed by atoms with E-state index in [4.69, 9.17) is 9.88 Å². The molecule has 0 bridgehead atoms. The number of hydrogen-bond acceptors (Lipinski definition) is 4. The summed E-state index contributed by atoms with van der Waals surface area (Å²) in [6, 6.07) is 4.37. The van der Waals surface area contributed by atoms with Crippen molar-refractivity contribution in [2.75, 3.05) is 6.61 Å². The molecule has 1 aliphatic heterocycles. The van der Waals surface area contributed by atoms with Crippen LogP contribution in [-0.2, 0) is 14.8 Å². The first kappa shape index (κ1) is 15.9. The molecule has 1 aromatic carbocycles. The second-order valence-electron chi connectivity index (χ2n) is 5.71. The Balaban J connectivity index is 2.30. The first-order valence-corrected chi connectivity index (χ1v) is 8.25. The molecule has 3 N–H and O–H groups in total. The lowest BCUT2D eigenvalue weighted by Gasteiger charge is -2.29. The van der Waals surface area contributed by atoms with E-state index < -0.39 is 15.6 Å². The van der Waals surface area contributed by atoms with Gasteiger partial charge >= 0.3 is 0 Å². The fourth-order valence-electron chi connectivity index (χ4n) is 2.37. The van der Waals surface area contributed by atoms with Gasteiger partial charge in [0.1, 0.15) is 0 Å². The molecule has 2 atom stereocenters. The van der Waals surface area contributed by atoms with Gasteiger partial charge < -0.3 is 10.1 Å². The average molecular weight is 312 g/mol. The van der Waals surface area contributed by atoms with Gasteiger partial charge in [-0.25, -0.2) is 13.6 Å². The van der Waals surface area contributed by atoms with Crippen LogP contribution in [0.3, 0.4) is 0 Å². The maximum Gasteiger partial charge on any atom is 0.251 e. The minimum atomic E-state index is -3.84. The Morgan fingerprint density at radius 2 is 2.10 bits per heavy atom. The van der Waals surface area contributed by atoms with Crippen molar-refractivity contribution in [1.82, 2.24) is 5.32 Å². The van der Waals surface area contributed by atoms with Crippen molar-refractivity contribution in [3.8, 4) is 0 Å². The van der Waals surface area contributed by atoms with E-state index in [1.807, 2.05) is 13.8 Å². The molecule has 6 nitrogen and oxygen atoms in total. The highest BCUT2D eigenvalue weighted by Gasteiger charge is 2.38. The quantitative estimate of drug-likeness (QED) is 0.867. The zero-order chi connectivity index (χ0) is 15.8. The monoisotopic (exact) mass is 312 g/mol. The molecule has 1 fully saturated rings. The number of nitrogens with one attached hydrogen (secondary N) is 1. The summed E-state index contributed by atoms with van der Waals surface area (Å²) in [4.78, 5) is 12.3. The normalized spacial score (nSPS) is 25.8. The lowest BCUT2D eigenvalue weighted by Crippen LogP contribution is -2.50. The molecule has 21 heavy (non-hydrogen) atoms. The van der Waals surface area contributed by atoms with Gasteiger partial charge in [-0.15, -0.1) is 0 Å². The molecule has 2 unspecified atom stereocenters. The van der Waals surface area contributed by atoms with Gasteiger partial charge in [0.2, 0.25) is 10.0 Å². The van der Waals surface area contributed by atoms with E-state index in [1.54, 1.807) is 13.0 Å². The van der Waals surface area contributed by atoms with Crippen molar-refractivity contribution in [1.29, 1.82) is 0 Å². The van der Waals surface area contributed by atoms with Gasteiger partial charge in [-0.2, -0.15) is 0 Å². The first-order valence-electron chi connectivity index (χ1n) is 6.70. The minimum absolute atomic E-state index is 0.0616. The summed E-state index contributed by atoms with van der Waals surface area (Å²) in [5, 5.41) is 8.05. The zero-order valence-electron chi connectivity index (χ0n) is 12.3. The SMILES string of the molecule is Cc1cc(C(=O)NC2(C)CCOC2C)cc(S(N)(=O)=O)c1. The number of aryl methyl sites for hydroxylation is 1. The topological polar surface area (TPSA) is 98.5 Å². The molecule has 2 rings (SSSR count). The summed E-state index contributed by atoms with van der Waals surface area (Å²) in [5.74, 6) is -0.330. The van der Waals surface area contributed by atoms with Crippen molar-refractivity contribution >= 4 is 15.9 Å². The van der Waals surface area contributed by atoms with Gasteiger partial charge in [0.05, 0.1) is 16.5 Å². The van der Waals surface area contributed by atoms with Crippen LogP contribution in [0.5, 0.6) is 0 Å². The Labute approximate surface area is 124 Å². The van der Waals surface area contributed by atoms with Crippen LogP contribution < -0.4 is 10.5 Å². The van der Waals surface area contributed by atoms with Crippen LogP contribution in [0.25, 0.3) is 0 Å². The van der Waals surface area contributed by atoms with Crippen molar-refractivity contribution in [2.24, 2.45) is 5.14 Å². The molecule has 1 amide bonds. The molecule has 0 radical (unpaired) electrons. The van der Waals surface area contributed by atoms with Crippen LogP contribution in [0.1, 0.15) is 36.2 Å². The van der Waals surface area contributed by atoms with Crippen LogP contribution in [0.15, 0.2) is 23.1 Å². The smallest absolute Gasteiger partial charge is 0.251 e. The molecular weight excluding hydrogens is 292 g/mol.